The average Bonchev–Trinajstić information content (AvgIpc) is 2.64. The van der Waals surface area contributed by atoms with Gasteiger partial charge in [0.2, 0.25) is 5.75 Å². The van der Waals surface area contributed by atoms with E-state index in [4.69, 9.17) is 23.7 Å². The maximum Gasteiger partial charge on any atom is 0.338 e. The molecule has 0 spiro atoms. The predicted molar refractivity (Wildman–Crippen MR) is 87.6 cm³/mol. The van der Waals surface area contributed by atoms with Gasteiger partial charge in [-0.1, -0.05) is 30.3 Å². The Hall–Kier alpha value is -2.73. The van der Waals surface area contributed by atoms with Crippen LogP contribution in [0.15, 0.2) is 42.5 Å². The second kappa shape index (κ2) is 8.79. The van der Waals surface area contributed by atoms with Gasteiger partial charge >= 0.3 is 5.97 Å². The standard InChI is InChI=1S/C18H20O6/c1-20-12-24-16-10-14(18(19)22-3)9-15(17(16)21-2)23-11-13-7-5-4-6-8-13/h4-10H,11-12H2,1-3H3. The van der Waals surface area contributed by atoms with E-state index in [0.29, 0.717) is 29.4 Å². The van der Waals surface area contributed by atoms with Gasteiger partial charge in [0, 0.05) is 7.11 Å². The molecule has 0 radical (unpaired) electrons. The van der Waals surface area contributed by atoms with Crippen molar-refractivity contribution in [1.82, 2.24) is 0 Å². The van der Waals surface area contributed by atoms with Gasteiger partial charge in [-0.15, -0.1) is 0 Å². The minimum atomic E-state index is -0.496. The summed E-state index contributed by atoms with van der Waals surface area (Å²) in [6.45, 7) is 0.338. The Morgan fingerprint density at radius 1 is 0.958 bits per heavy atom. The fraction of sp³-hybridized carbons (Fsp3) is 0.278. The molecule has 2 aromatic carbocycles. The van der Waals surface area contributed by atoms with Gasteiger partial charge in [0.05, 0.1) is 19.8 Å². The molecule has 0 N–H and O–H groups in total. The van der Waals surface area contributed by atoms with E-state index < -0.39 is 5.97 Å². The van der Waals surface area contributed by atoms with E-state index in [1.807, 2.05) is 30.3 Å². The first kappa shape index (κ1) is 17.6. The quantitative estimate of drug-likeness (QED) is 0.547. The van der Waals surface area contributed by atoms with E-state index >= 15 is 0 Å². The lowest BCUT2D eigenvalue weighted by molar-refractivity contribution is 0.0480. The smallest absolute Gasteiger partial charge is 0.338 e. The van der Waals surface area contributed by atoms with Crippen molar-refractivity contribution < 1.29 is 28.5 Å². The lowest BCUT2D eigenvalue weighted by atomic mass is 10.2. The summed E-state index contributed by atoms with van der Waals surface area (Å²) in [6.07, 6.45) is 0. The molecule has 0 atom stereocenters. The van der Waals surface area contributed by atoms with E-state index in [9.17, 15) is 4.79 Å². The van der Waals surface area contributed by atoms with Crippen LogP contribution in [0.3, 0.4) is 0 Å². The molecule has 0 aliphatic rings. The van der Waals surface area contributed by atoms with Crippen molar-refractivity contribution in [2.24, 2.45) is 0 Å². The van der Waals surface area contributed by atoms with E-state index in [0.717, 1.165) is 5.56 Å². The van der Waals surface area contributed by atoms with Crippen LogP contribution in [0.4, 0.5) is 0 Å². The Morgan fingerprint density at radius 2 is 1.62 bits per heavy atom. The zero-order valence-electron chi connectivity index (χ0n) is 13.9. The molecule has 0 heterocycles. The van der Waals surface area contributed by atoms with Crippen LogP contribution in [0.25, 0.3) is 0 Å². The van der Waals surface area contributed by atoms with Crippen molar-refractivity contribution in [3.63, 3.8) is 0 Å². The van der Waals surface area contributed by atoms with Gasteiger partial charge in [0.15, 0.2) is 18.3 Å². The zero-order chi connectivity index (χ0) is 17.4. The number of carbonyl (C=O) groups is 1. The summed E-state index contributed by atoms with van der Waals surface area (Å²) in [7, 11) is 4.32. The van der Waals surface area contributed by atoms with Gasteiger partial charge in [0.25, 0.3) is 0 Å². The second-order valence-corrected chi connectivity index (χ2v) is 4.82. The lowest BCUT2D eigenvalue weighted by Crippen LogP contribution is -2.07. The lowest BCUT2D eigenvalue weighted by Gasteiger charge is -2.16. The summed E-state index contributed by atoms with van der Waals surface area (Å²) in [5, 5.41) is 0. The first-order valence-corrected chi connectivity index (χ1v) is 7.28. The van der Waals surface area contributed by atoms with E-state index in [2.05, 4.69) is 0 Å². The van der Waals surface area contributed by atoms with Crippen LogP contribution in [0.5, 0.6) is 17.2 Å². The van der Waals surface area contributed by atoms with Gasteiger partial charge < -0.3 is 23.7 Å². The van der Waals surface area contributed by atoms with E-state index in [1.54, 1.807) is 6.07 Å². The maximum absolute atomic E-state index is 11.9. The number of ether oxygens (including phenoxy) is 5. The molecule has 6 heteroatoms. The van der Waals surface area contributed by atoms with Crippen LogP contribution in [0.2, 0.25) is 0 Å². The van der Waals surface area contributed by atoms with Gasteiger partial charge in [0.1, 0.15) is 6.61 Å². The highest BCUT2D eigenvalue weighted by Gasteiger charge is 2.18. The van der Waals surface area contributed by atoms with Crippen LogP contribution in [0.1, 0.15) is 15.9 Å². The number of benzene rings is 2. The monoisotopic (exact) mass is 332 g/mol. The Balaban J connectivity index is 2.33. The molecule has 0 aliphatic carbocycles. The summed E-state index contributed by atoms with van der Waals surface area (Å²) in [5.41, 5.74) is 1.29. The number of hydrogen-bond donors (Lipinski definition) is 0. The van der Waals surface area contributed by atoms with Crippen molar-refractivity contribution in [2.75, 3.05) is 28.1 Å². The van der Waals surface area contributed by atoms with Crippen molar-refractivity contribution in [3.05, 3.63) is 53.6 Å². The zero-order valence-corrected chi connectivity index (χ0v) is 13.9. The molecular formula is C18H20O6. The highest BCUT2D eigenvalue weighted by molar-refractivity contribution is 5.91. The molecule has 24 heavy (non-hydrogen) atoms. The summed E-state index contributed by atoms with van der Waals surface area (Å²) in [5.74, 6) is 0.612. The largest absolute Gasteiger partial charge is 0.490 e. The van der Waals surface area contributed by atoms with Crippen LogP contribution in [-0.4, -0.2) is 34.1 Å². The Labute approximate surface area is 140 Å². The number of esters is 1. The van der Waals surface area contributed by atoms with Crippen LogP contribution >= 0.6 is 0 Å². The fourth-order valence-corrected chi connectivity index (χ4v) is 2.09. The Kier molecular flexibility index (Phi) is 6.45. The van der Waals surface area contributed by atoms with Crippen molar-refractivity contribution >= 4 is 5.97 Å². The van der Waals surface area contributed by atoms with Crippen LogP contribution in [0, 0.1) is 0 Å². The predicted octanol–water partition coefficient (Wildman–Crippen LogP) is 3.04. The van der Waals surface area contributed by atoms with Crippen molar-refractivity contribution in [1.29, 1.82) is 0 Å². The fourth-order valence-electron chi connectivity index (χ4n) is 2.09. The van der Waals surface area contributed by atoms with Crippen molar-refractivity contribution in [3.8, 4) is 17.2 Å². The van der Waals surface area contributed by atoms with Crippen LogP contribution in [-0.2, 0) is 16.1 Å². The van der Waals surface area contributed by atoms with E-state index in [-0.39, 0.29) is 6.79 Å². The molecule has 128 valence electrons. The van der Waals surface area contributed by atoms with E-state index in [1.165, 1.54) is 27.4 Å². The van der Waals surface area contributed by atoms with Crippen LogP contribution < -0.4 is 14.2 Å². The first-order valence-electron chi connectivity index (χ1n) is 7.28. The van der Waals surface area contributed by atoms with Gasteiger partial charge in [-0.2, -0.15) is 0 Å². The maximum atomic E-state index is 11.9. The van der Waals surface area contributed by atoms with Gasteiger partial charge in [-0.3, -0.25) is 0 Å². The molecular weight excluding hydrogens is 312 g/mol. The number of rotatable bonds is 8. The molecule has 0 saturated heterocycles. The third-order valence-corrected chi connectivity index (χ3v) is 3.22. The molecule has 0 saturated carbocycles. The molecule has 2 rings (SSSR count). The first-order chi connectivity index (χ1) is 11.7. The highest BCUT2D eigenvalue weighted by Crippen LogP contribution is 2.39. The SMILES string of the molecule is COCOc1cc(C(=O)OC)cc(OCc2ccccc2)c1OC. The Morgan fingerprint density at radius 3 is 2.21 bits per heavy atom. The summed E-state index contributed by atoms with van der Waals surface area (Å²) in [4.78, 5) is 11.9. The molecule has 2 aromatic rings. The minimum absolute atomic E-state index is 0.0130. The number of carbonyl (C=O) groups excluding carboxylic acids is 1. The summed E-state index contributed by atoms with van der Waals surface area (Å²) in [6, 6.07) is 12.8. The molecule has 0 fully saturated rings. The molecule has 0 unspecified atom stereocenters. The summed E-state index contributed by atoms with van der Waals surface area (Å²) < 4.78 is 26.3. The second-order valence-electron chi connectivity index (χ2n) is 4.82. The number of hydrogen-bond acceptors (Lipinski definition) is 6. The number of methoxy groups -OCH3 is 3. The molecule has 0 amide bonds. The molecule has 0 bridgehead atoms. The topological polar surface area (TPSA) is 63.2 Å². The molecule has 0 aliphatic heterocycles. The average molecular weight is 332 g/mol. The van der Waals surface area contributed by atoms with Crippen molar-refractivity contribution in [2.45, 2.75) is 6.61 Å². The summed E-state index contributed by atoms with van der Waals surface area (Å²) >= 11 is 0. The third-order valence-electron chi connectivity index (χ3n) is 3.22. The molecule has 0 aromatic heterocycles. The third kappa shape index (κ3) is 4.39. The Bertz CT molecular complexity index is 669. The minimum Gasteiger partial charge on any atom is -0.490 e. The molecule has 6 nitrogen and oxygen atoms in total. The highest BCUT2D eigenvalue weighted by atomic mass is 16.7. The normalized spacial score (nSPS) is 10.1. The van der Waals surface area contributed by atoms with Gasteiger partial charge in [-0.05, 0) is 17.7 Å². The van der Waals surface area contributed by atoms with Gasteiger partial charge in [-0.25, -0.2) is 4.79 Å².